The number of hydrogen-bond acceptors (Lipinski definition) is 7. The Bertz CT molecular complexity index is 893. The van der Waals surface area contributed by atoms with E-state index in [1.165, 1.54) is 11.4 Å². The van der Waals surface area contributed by atoms with Crippen molar-refractivity contribution in [3.8, 4) is 5.75 Å². The van der Waals surface area contributed by atoms with Gasteiger partial charge in [-0.15, -0.1) is 0 Å². The first-order valence-electron chi connectivity index (χ1n) is 7.66. The molecule has 25 heavy (non-hydrogen) atoms. The van der Waals surface area contributed by atoms with Crippen LogP contribution in [-0.2, 0) is 21.2 Å². The highest BCUT2D eigenvalue weighted by Gasteiger charge is 2.30. The molecule has 1 N–H and O–H groups in total. The third-order valence-corrected chi connectivity index (χ3v) is 5.58. The average Bonchev–Trinajstić information content (AvgIpc) is 3.12. The third kappa shape index (κ3) is 3.73. The number of benzene rings is 1. The number of hydrogen-bond donors (Lipinski definition) is 1. The summed E-state index contributed by atoms with van der Waals surface area (Å²) in [6, 6.07) is 4.84. The maximum atomic E-state index is 12.1. The highest BCUT2D eigenvalue weighted by Crippen LogP contribution is 2.35. The van der Waals surface area contributed by atoms with Crippen LogP contribution in [0.3, 0.4) is 0 Å². The lowest BCUT2D eigenvalue weighted by molar-refractivity contribution is -0.115. The van der Waals surface area contributed by atoms with E-state index in [1.807, 2.05) is 0 Å². The Kier molecular flexibility index (Phi) is 4.62. The van der Waals surface area contributed by atoms with E-state index in [2.05, 4.69) is 15.5 Å². The lowest BCUT2D eigenvalue weighted by Crippen LogP contribution is -2.25. The number of carbonyl (C=O) groups excluding carboxylic acids is 1. The SMILES string of the molecule is COc1cc(NC(=O)Cc2noc(C)n2)ccc1N1CCCS1(=O)=O. The fourth-order valence-corrected chi connectivity index (χ4v) is 4.21. The van der Waals surface area contributed by atoms with Crippen LogP contribution >= 0.6 is 0 Å². The van der Waals surface area contributed by atoms with Gasteiger partial charge in [0.1, 0.15) is 5.75 Å². The standard InChI is InChI=1S/C15H18N4O5S/c1-10-16-14(18-24-10)9-15(20)17-11-4-5-12(13(8-11)23-2)19-6-3-7-25(19,21)22/h4-5,8H,3,6-7,9H2,1-2H3,(H,17,20). The largest absolute Gasteiger partial charge is 0.494 e. The van der Waals surface area contributed by atoms with E-state index in [1.54, 1.807) is 25.1 Å². The minimum absolute atomic E-state index is 0.0259. The van der Waals surface area contributed by atoms with Crippen molar-refractivity contribution in [3.63, 3.8) is 0 Å². The molecular weight excluding hydrogens is 348 g/mol. The molecule has 0 aliphatic carbocycles. The van der Waals surface area contributed by atoms with Gasteiger partial charge < -0.3 is 14.6 Å². The Morgan fingerprint density at radius 1 is 1.44 bits per heavy atom. The van der Waals surface area contributed by atoms with Crippen LogP contribution in [0.1, 0.15) is 18.1 Å². The van der Waals surface area contributed by atoms with E-state index >= 15 is 0 Å². The van der Waals surface area contributed by atoms with Gasteiger partial charge in [-0.1, -0.05) is 5.16 Å². The Morgan fingerprint density at radius 2 is 2.24 bits per heavy atom. The molecule has 1 fully saturated rings. The summed E-state index contributed by atoms with van der Waals surface area (Å²) in [5, 5.41) is 6.37. The molecule has 134 valence electrons. The van der Waals surface area contributed by atoms with Crippen LogP contribution in [0.15, 0.2) is 22.7 Å². The number of anilines is 2. The minimum atomic E-state index is -3.31. The molecule has 0 bridgehead atoms. The minimum Gasteiger partial charge on any atom is -0.494 e. The number of nitrogens with one attached hydrogen (secondary N) is 1. The molecule has 1 aromatic carbocycles. The quantitative estimate of drug-likeness (QED) is 0.843. The van der Waals surface area contributed by atoms with Gasteiger partial charge in [0, 0.05) is 25.2 Å². The Hall–Kier alpha value is -2.62. The van der Waals surface area contributed by atoms with Crippen molar-refractivity contribution in [3.05, 3.63) is 29.9 Å². The van der Waals surface area contributed by atoms with Crippen molar-refractivity contribution in [2.75, 3.05) is 29.0 Å². The van der Waals surface area contributed by atoms with Gasteiger partial charge in [0.2, 0.25) is 21.8 Å². The smallest absolute Gasteiger partial charge is 0.235 e. The summed E-state index contributed by atoms with van der Waals surface area (Å²) in [6.45, 7) is 2.06. The number of sulfonamides is 1. The predicted octanol–water partition coefficient (Wildman–Crippen LogP) is 1.11. The lowest BCUT2D eigenvalue weighted by atomic mass is 10.2. The van der Waals surface area contributed by atoms with Crippen LogP contribution in [0.2, 0.25) is 0 Å². The Morgan fingerprint density at radius 3 is 2.84 bits per heavy atom. The van der Waals surface area contributed by atoms with Gasteiger partial charge in [0.25, 0.3) is 0 Å². The van der Waals surface area contributed by atoms with E-state index in [9.17, 15) is 13.2 Å². The molecule has 0 spiro atoms. The van der Waals surface area contributed by atoms with Gasteiger partial charge in [0.15, 0.2) is 5.82 Å². The fraction of sp³-hybridized carbons (Fsp3) is 0.400. The van der Waals surface area contributed by atoms with Crippen LogP contribution in [-0.4, -0.2) is 43.9 Å². The summed E-state index contributed by atoms with van der Waals surface area (Å²) in [5.41, 5.74) is 0.953. The highest BCUT2D eigenvalue weighted by molar-refractivity contribution is 7.93. The van der Waals surface area contributed by atoms with Crippen molar-refractivity contribution in [1.29, 1.82) is 0 Å². The number of rotatable bonds is 5. The molecular formula is C15H18N4O5S. The van der Waals surface area contributed by atoms with Crippen molar-refractivity contribution in [2.24, 2.45) is 0 Å². The molecule has 3 rings (SSSR count). The third-order valence-electron chi connectivity index (χ3n) is 3.72. The van der Waals surface area contributed by atoms with Crippen molar-refractivity contribution >= 4 is 27.3 Å². The summed E-state index contributed by atoms with van der Waals surface area (Å²) in [4.78, 5) is 16.0. The van der Waals surface area contributed by atoms with Gasteiger partial charge in [-0.05, 0) is 18.6 Å². The fourth-order valence-electron chi connectivity index (χ4n) is 2.63. The lowest BCUT2D eigenvalue weighted by Gasteiger charge is -2.20. The molecule has 2 aromatic rings. The molecule has 1 aromatic heterocycles. The summed E-state index contributed by atoms with van der Waals surface area (Å²) >= 11 is 0. The normalized spacial score (nSPS) is 16.0. The summed E-state index contributed by atoms with van der Waals surface area (Å²) in [5.74, 6) is 0.865. The second-order valence-corrected chi connectivity index (χ2v) is 7.60. The second kappa shape index (κ2) is 6.71. The van der Waals surface area contributed by atoms with E-state index in [0.717, 1.165) is 0 Å². The first-order chi connectivity index (χ1) is 11.9. The van der Waals surface area contributed by atoms with Crippen LogP contribution in [0.5, 0.6) is 5.75 Å². The molecule has 0 unspecified atom stereocenters. The Balaban J connectivity index is 1.76. The molecule has 9 nitrogen and oxygen atoms in total. The summed E-state index contributed by atoms with van der Waals surface area (Å²) < 4.78 is 35.6. The molecule has 10 heteroatoms. The van der Waals surface area contributed by atoms with Gasteiger partial charge >= 0.3 is 0 Å². The topological polar surface area (TPSA) is 115 Å². The van der Waals surface area contributed by atoms with Crippen molar-refractivity contribution < 1.29 is 22.5 Å². The van der Waals surface area contributed by atoms with Crippen LogP contribution in [0.4, 0.5) is 11.4 Å². The number of amides is 1. The molecule has 1 aliphatic rings. The Labute approximate surface area is 145 Å². The average molecular weight is 366 g/mol. The zero-order chi connectivity index (χ0) is 18.0. The second-order valence-electron chi connectivity index (χ2n) is 5.58. The molecule has 1 amide bonds. The van der Waals surface area contributed by atoms with E-state index in [0.29, 0.717) is 41.8 Å². The van der Waals surface area contributed by atoms with Crippen LogP contribution < -0.4 is 14.4 Å². The van der Waals surface area contributed by atoms with Crippen molar-refractivity contribution in [1.82, 2.24) is 10.1 Å². The summed E-state index contributed by atoms with van der Waals surface area (Å²) in [6.07, 6.45) is 0.552. The number of methoxy groups -OCH3 is 1. The number of ether oxygens (including phenoxy) is 1. The molecule has 0 saturated carbocycles. The van der Waals surface area contributed by atoms with Crippen LogP contribution in [0, 0.1) is 6.92 Å². The highest BCUT2D eigenvalue weighted by atomic mass is 32.2. The molecule has 1 aliphatic heterocycles. The van der Waals surface area contributed by atoms with Crippen molar-refractivity contribution in [2.45, 2.75) is 19.8 Å². The van der Waals surface area contributed by atoms with Gasteiger partial charge in [0.05, 0.1) is 25.0 Å². The molecule has 0 radical (unpaired) electrons. The zero-order valence-electron chi connectivity index (χ0n) is 13.9. The van der Waals surface area contributed by atoms with Gasteiger partial charge in [-0.25, -0.2) is 8.42 Å². The van der Waals surface area contributed by atoms with Gasteiger partial charge in [-0.2, -0.15) is 4.98 Å². The number of nitrogens with zero attached hydrogens (tertiary/aromatic N) is 3. The number of aromatic nitrogens is 2. The first kappa shape index (κ1) is 17.2. The monoisotopic (exact) mass is 366 g/mol. The number of carbonyl (C=O) groups is 1. The molecule has 2 heterocycles. The van der Waals surface area contributed by atoms with E-state index in [-0.39, 0.29) is 18.1 Å². The predicted molar refractivity (Wildman–Crippen MR) is 90.1 cm³/mol. The van der Waals surface area contributed by atoms with Crippen LogP contribution in [0.25, 0.3) is 0 Å². The maximum Gasteiger partial charge on any atom is 0.235 e. The number of aryl methyl sites for hydroxylation is 1. The maximum absolute atomic E-state index is 12.1. The summed E-state index contributed by atoms with van der Waals surface area (Å²) in [7, 11) is -1.85. The molecule has 1 saturated heterocycles. The van der Waals surface area contributed by atoms with E-state index in [4.69, 9.17) is 9.26 Å². The van der Waals surface area contributed by atoms with Gasteiger partial charge in [-0.3, -0.25) is 9.10 Å². The first-order valence-corrected chi connectivity index (χ1v) is 9.27. The van der Waals surface area contributed by atoms with E-state index < -0.39 is 10.0 Å². The molecule has 0 atom stereocenters. The zero-order valence-corrected chi connectivity index (χ0v) is 14.7.